The third-order valence-electron chi connectivity index (χ3n) is 4.58. The van der Waals surface area contributed by atoms with Gasteiger partial charge in [-0.05, 0) is 61.3 Å². The molecule has 0 radical (unpaired) electrons. The Morgan fingerprint density at radius 2 is 2.11 bits per heavy atom. The van der Waals surface area contributed by atoms with Crippen molar-refractivity contribution < 1.29 is 4.74 Å². The average Bonchev–Trinajstić information content (AvgIpc) is 2.35. The van der Waals surface area contributed by atoms with Crippen molar-refractivity contribution in [2.24, 2.45) is 17.6 Å². The van der Waals surface area contributed by atoms with E-state index < -0.39 is 0 Å². The van der Waals surface area contributed by atoms with Crippen LogP contribution < -0.4 is 10.5 Å². The molecule has 106 valence electrons. The van der Waals surface area contributed by atoms with Gasteiger partial charge in [0.2, 0.25) is 0 Å². The van der Waals surface area contributed by atoms with Crippen LogP contribution in [0.15, 0.2) is 18.2 Å². The lowest BCUT2D eigenvalue weighted by Gasteiger charge is -2.40. The van der Waals surface area contributed by atoms with Crippen LogP contribution in [0.25, 0.3) is 0 Å². The Morgan fingerprint density at radius 3 is 2.74 bits per heavy atom. The Labute approximate surface area is 121 Å². The summed E-state index contributed by atoms with van der Waals surface area (Å²) in [6.07, 6.45) is 4.20. The van der Waals surface area contributed by atoms with E-state index in [2.05, 4.69) is 13.8 Å². The second-order valence-corrected chi connectivity index (χ2v) is 6.63. The molecule has 1 saturated carbocycles. The predicted octanol–water partition coefficient (Wildman–Crippen LogP) is 4.04. The van der Waals surface area contributed by atoms with Crippen molar-refractivity contribution in [3.05, 3.63) is 28.8 Å². The SMILES string of the molecule is COc1ccc(Cl)cc1CC1(N)CCC(C)C(C)C1. The lowest BCUT2D eigenvalue weighted by atomic mass is 9.69. The highest BCUT2D eigenvalue weighted by molar-refractivity contribution is 6.30. The first-order valence-corrected chi connectivity index (χ1v) is 7.42. The molecule has 0 saturated heterocycles. The van der Waals surface area contributed by atoms with Gasteiger partial charge in [-0.3, -0.25) is 0 Å². The molecule has 0 bridgehead atoms. The molecule has 3 atom stereocenters. The Hall–Kier alpha value is -0.730. The summed E-state index contributed by atoms with van der Waals surface area (Å²) in [5.41, 5.74) is 7.62. The van der Waals surface area contributed by atoms with Gasteiger partial charge in [-0.1, -0.05) is 25.4 Å². The minimum Gasteiger partial charge on any atom is -0.496 e. The van der Waals surface area contributed by atoms with E-state index in [0.717, 1.165) is 41.5 Å². The first kappa shape index (κ1) is 14.7. The minimum absolute atomic E-state index is 0.121. The van der Waals surface area contributed by atoms with Crippen molar-refractivity contribution in [3.8, 4) is 5.75 Å². The smallest absolute Gasteiger partial charge is 0.122 e. The van der Waals surface area contributed by atoms with Gasteiger partial charge in [-0.15, -0.1) is 0 Å². The second-order valence-electron chi connectivity index (χ2n) is 6.19. The molecule has 19 heavy (non-hydrogen) atoms. The van der Waals surface area contributed by atoms with Gasteiger partial charge in [-0.2, -0.15) is 0 Å². The fraction of sp³-hybridized carbons (Fsp3) is 0.625. The van der Waals surface area contributed by atoms with Crippen molar-refractivity contribution >= 4 is 11.6 Å². The van der Waals surface area contributed by atoms with Crippen LogP contribution >= 0.6 is 11.6 Å². The average molecular weight is 282 g/mol. The van der Waals surface area contributed by atoms with Crippen molar-refractivity contribution in [3.63, 3.8) is 0 Å². The fourth-order valence-electron chi connectivity index (χ4n) is 3.17. The van der Waals surface area contributed by atoms with Gasteiger partial charge in [0.1, 0.15) is 5.75 Å². The predicted molar refractivity (Wildman–Crippen MR) is 80.8 cm³/mol. The fourth-order valence-corrected chi connectivity index (χ4v) is 3.36. The summed E-state index contributed by atoms with van der Waals surface area (Å²) in [6, 6.07) is 5.77. The number of hydrogen-bond donors (Lipinski definition) is 1. The zero-order valence-electron chi connectivity index (χ0n) is 12.1. The molecule has 0 spiro atoms. The number of rotatable bonds is 3. The number of hydrogen-bond acceptors (Lipinski definition) is 2. The molecule has 3 heteroatoms. The van der Waals surface area contributed by atoms with Crippen LogP contribution in [0.2, 0.25) is 5.02 Å². The molecule has 1 fully saturated rings. The van der Waals surface area contributed by atoms with Crippen LogP contribution in [0, 0.1) is 11.8 Å². The Bertz CT molecular complexity index is 448. The molecule has 1 aromatic carbocycles. The van der Waals surface area contributed by atoms with Crippen LogP contribution in [-0.2, 0) is 6.42 Å². The second kappa shape index (κ2) is 5.72. The summed E-state index contributed by atoms with van der Waals surface area (Å²) in [5.74, 6) is 2.35. The highest BCUT2D eigenvalue weighted by Crippen LogP contribution is 2.38. The first-order chi connectivity index (χ1) is 8.93. The van der Waals surface area contributed by atoms with E-state index in [0.29, 0.717) is 5.92 Å². The number of nitrogens with two attached hydrogens (primary N) is 1. The molecule has 0 aliphatic heterocycles. The molecule has 1 aliphatic rings. The number of benzene rings is 1. The molecule has 2 rings (SSSR count). The monoisotopic (exact) mass is 281 g/mol. The maximum Gasteiger partial charge on any atom is 0.122 e. The van der Waals surface area contributed by atoms with Crippen LogP contribution in [0.5, 0.6) is 5.75 Å². The summed E-state index contributed by atoms with van der Waals surface area (Å²) >= 11 is 6.09. The quantitative estimate of drug-likeness (QED) is 0.907. The molecule has 3 unspecified atom stereocenters. The summed E-state index contributed by atoms with van der Waals surface area (Å²) < 4.78 is 5.42. The molecular formula is C16H24ClNO. The molecule has 0 aromatic heterocycles. The molecular weight excluding hydrogens is 258 g/mol. The minimum atomic E-state index is -0.121. The standard InChI is InChI=1S/C16H24ClNO/c1-11-6-7-16(18,9-12(11)2)10-13-8-14(17)4-5-15(13)19-3/h4-5,8,11-12H,6-7,9-10,18H2,1-3H3. The summed E-state index contributed by atoms with van der Waals surface area (Å²) in [5, 5.41) is 0.747. The number of halogens is 1. The highest BCUT2D eigenvalue weighted by atomic mass is 35.5. The molecule has 1 aromatic rings. The molecule has 1 aliphatic carbocycles. The topological polar surface area (TPSA) is 35.2 Å². The van der Waals surface area contributed by atoms with Crippen molar-refractivity contribution in [1.82, 2.24) is 0 Å². The highest BCUT2D eigenvalue weighted by Gasteiger charge is 2.35. The van der Waals surface area contributed by atoms with Gasteiger partial charge in [0, 0.05) is 10.6 Å². The van der Waals surface area contributed by atoms with Crippen LogP contribution in [0.1, 0.15) is 38.7 Å². The number of ether oxygens (including phenoxy) is 1. The number of methoxy groups -OCH3 is 1. The Kier molecular flexibility index (Phi) is 4.42. The van der Waals surface area contributed by atoms with Crippen LogP contribution in [0.4, 0.5) is 0 Å². The Morgan fingerprint density at radius 1 is 1.37 bits per heavy atom. The van der Waals surface area contributed by atoms with Gasteiger partial charge in [0.05, 0.1) is 7.11 Å². The first-order valence-electron chi connectivity index (χ1n) is 7.05. The third-order valence-corrected chi connectivity index (χ3v) is 4.82. The lowest BCUT2D eigenvalue weighted by Crippen LogP contribution is -2.47. The largest absolute Gasteiger partial charge is 0.496 e. The van der Waals surface area contributed by atoms with E-state index in [4.69, 9.17) is 22.1 Å². The van der Waals surface area contributed by atoms with E-state index in [1.165, 1.54) is 6.42 Å². The maximum atomic E-state index is 6.62. The van der Waals surface area contributed by atoms with Gasteiger partial charge in [-0.25, -0.2) is 0 Å². The summed E-state index contributed by atoms with van der Waals surface area (Å²) in [7, 11) is 1.70. The summed E-state index contributed by atoms with van der Waals surface area (Å²) in [4.78, 5) is 0. The van der Waals surface area contributed by atoms with Gasteiger partial charge in [0.15, 0.2) is 0 Å². The van der Waals surface area contributed by atoms with E-state index >= 15 is 0 Å². The maximum absolute atomic E-state index is 6.62. The molecule has 0 amide bonds. The zero-order chi connectivity index (χ0) is 14.0. The van der Waals surface area contributed by atoms with Crippen molar-refractivity contribution in [2.75, 3.05) is 7.11 Å². The Balaban J connectivity index is 2.18. The van der Waals surface area contributed by atoms with Crippen molar-refractivity contribution in [2.45, 2.75) is 45.1 Å². The van der Waals surface area contributed by atoms with Crippen LogP contribution in [0.3, 0.4) is 0 Å². The molecule has 2 nitrogen and oxygen atoms in total. The van der Waals surface area contributed by atoms with E-state index in [9.17, 15) is 0 Å². The van der Waals surface area contributed by atoms with Gasteiger partial charge < -0.3 is 10.5 Å². The molecule has 2 N–H and O–H groups in total. The normalized spacial score (nSPS) is 31.2. The van der Waals surface area contributed by atoms with Crippen molar-refractivity contribution in [1.29, 1.82) is 0 Å². The van der Waals surface area contributed by atoms with Crippen LogP contribution in [-0.4, -0.2) is 12.6 Å². The third kappa shape index (κ3) is 3.43. The van der Waals surface area contributed by atoms with Gasteiger partial charge in [0.25, 0.3) is 0 Å². The van der Waals surface area contributed by atoms with Gasteiger partial charge >= 0.3 is 0 Å². The lowest BCUT2D eigenvalue weighted by molar-refractivity contribution is 0.175. The van der Waals surface area contributed by atoms with E-state index in [1.807, 2.05) is 18.2 Å². The molecule has 0 heterocycles. The van der Waals surface area contributed by atoms with E-state index in [1.54, 1.807) is 7.11 Å². The zero-order valence-corrected chi connectivity index (χ0v) is 12.8. The summed E-state index contributed by atoms with van der Waals surface area (Å²) in [6.45, 7) is 4.63. The van der Waals surface area contributed by atoms with E-state index in [-0.39, 0.29) is 5.54 Å².